The van der Waals surface area contributed by atoms with Gasteiger partial charge in [-0.3, -0.25) is 0 Å². The van der Waals surface area contributed by atoms with Gasteiger partial charge >= 0.3 is 0 Å². The van der Waals surface area contributed by atoms with Gasteiger partial charge in [0.15, 0.2) is 0 Å². The van der Waals surface area contributed by atoms with Gasteiger partial charge in [-0.1, -0.05) is 40.0 Å². The molecular weight excluding hydrogens is 198 g/mol. The smallest absolute Gasteiger partial charge is 0.0575 e. The average molecular weight is 227 g/mol. The molecule has 0 aromatic carbocycles. The molecule has 1 fully saturated rings. The zero-order valence-electron chi connectivity index (χ0n) is 11.3. The number of hydrogen-bond donors (Lipinski definition) is 1. The summed E-state index contributed by atoms with van der Waals surface area (Å²) in [5.74, 6) is 0. The molecule has 0 heterocycles. The molecule has 0 unspecified atom stereocenters. The third kappa shape index (κ3) is 7.24. The number of nitrogens with one attached hydrogen (secondary N) is 1. The minimum Gasteiger partial charge on any atom is -0.378 e. The Balaban J connectivity index is 1.87. The summed E-state index contributed by atoms with van der Waals surface area (Å²) in [5.41, 5.74) is 0.393. The van der Waals surface area contributed by atoms with E-state index in [-0.39, 0.29) is 0 Å². The number of ether oxygens (including phenoxy) is 1. The Kier molecular flexibility index (Phi) is 6.37. The van der Waals surface area contributed by atoms with Crippen molar-refractivity contribution < 1.29 is 4.74 Å². The Morgan fingerprint density at radius 1 is 1.12 bits per heavy atom. The molecule has 1 aliphatic rings. The Hall–Kier alpha value is -0.0800. The molecule has 0 bridgehead atoms. The van der Waals surface area contributed by atoms with Gasteiger partial charge in [-0.25, -0.2) is 0 Å². The van der Waals surface area contributed by atoms with Crippen LogP contribution in [0.5, 0.6) is 0 Å². The summed E-state index contributed by atoms with van der Waals surface area (Å²) < 4.78 is 5.88. The molecule has 0 aliphatic heterocycles. The lowest BCUT2D eigenvalue weighted by Gasteiger charge is -2.22. The average Bonchev–Trinajstić information content (AvgIpc) is 2.23. The van der Waals surface area contributed by atoms with Crippen LogP contribution >= 0.6 is 0 Å². The van der Waals surface area contributed by atoms with Crippen LogP contribution in [0.4, 0.5) is 0 Å². The molecule has 2 heteroatoms. The first-order chi connectivity index (χ1) is 7.58. The van der Waals surface area contributed by atoms with Crippen LogP contribution in [0, 0.1) is 5.41 Å². The van der Waals surface area contributed by atoms with E-state index in [0.717, 1.165) is 26.1 Å². The summed E-state index contributed by atoms with van der Waals surface area (Å²) in [6, 6.07) is 0. The van der Waals surface area contributed by atoms with Gasteiger partial charge in [0.2, 0.25) is 0 Å². The maximum Gasteiger partial charge on any atom is 0.0575 e. The minimum atomic E-state index is 0.393. The van der Waals surface area contributed by atoms with Crippen LogP contribution in [0.1, 0.15) is 59.3 Å². The Morgan fingerprint density at radius 2 is 1.81 bits per heavy atom. The molecule has 2 nitrogen and oxygen atoms in total. The summed E-state index contributed by atoms with van der Waals surface area (Å²) in [7, 11) is 0. The van der Waals surface area contributed by atoms with Gasteiger partial charge in [-0.05, 0) is 37.8 Å². The van der Waals surface area contributed by atoms with Crippen molar-refractivity contribution in [3.05, 3.63) is 0 Å². The van der Waals surface area contributed by atoms with E-state index in [0.29, 0.717) is 11.5 Å². The van der Waals surface area contributed by atoms with Crippen LogP contribution in [-0.4, -0.2) is 25.8 Å². The van der Waals surface area contributed by atoms with Gasteiger partial charge in [0.1, 0.15) is 0 Å². The second kappa shape index (κ2) is 7.29. The molecule has 1 N–H and O–H groups in total. The first-order valence-corrected chi connectivity index (χ1v) is 6.90. The molecule has 1 aliphatic carbocycles. The molecule has 0 aromatic rings. The summed E-state index contributed by atoms with van der Waals surface area (Å²) in [5, 5.41) is 3.48. The summed E-state index contributed by atoms with van der Waals surface area (Å²) >= 11 is 0. The second-order valence-corrected chi connectivity index (χ2v) is 6.22. The molecule has 0 aromatic heterocycles. The molecule has 1 saturated carbocycles. The standard InChI is InChI=1S/C14H29NO/c1-14(2,3)12-15-10-7-11-16-13-8-5-4-6-9-13/h13,15H,4-12H2,1-3H3. The van der Waals surface area contributed by atoms with Gasteiger partial charge in [-0.2, -0.15) is 0 Å². The second-order valence-electron chi connectivity index (χ2n) is 6.22. The SMILES string of the molecule is CC(C)(C)CNCCCOC1CCCCC1. The molecule has 96 valence electrons. The molecular formula is C14H29NO. The van der Waals surface area contributed by atoms with Crippen molar-refractivity contribution in [2.45, 2.75) is 65.4 Å². The van der Waals surface area contributed by atoms with Gasteiger partial charge in [-0.15, -0.1) is 0 Å². The van der Waals surface area contributed by atoms with E-state index >= 15 is 0 Å². The largest absolute Gasteiger partial charge is 0.378 e. The molecule has 0 saturated heterocycles. The fourth-order valence-corrected chi connectivity index (χ4v) is 2.14. The van der Waals surface area contributed by atoms with E-state index in [9.17, 15) is 0 Å². The summed E-state index contributed by atoms with van der Waals surface area (Å²) in [6.45, 7) is 9.90. The first-order valence-electron chi connectivity index (χ1n) is 6.90. The molecule has 0 radical (unpaired) electrons. The number of rotatable bonds is 6. The lowest BCUT2D eigenvalue weighted by Crippen LogP contribution is -2.28. The highest BCUT2D eigenvalue weighted by atomic mass is 16.5. The number of hydrogen-bond acceptors (Lipinski definition) is 2. The van der Waals surface area contributed by atoms with E-state index in [1.807, 2.05) is 0 Å². The van der Waals surface area contributed by atoms with E-state index in [4.69, 9.17) is 4.74 Å². The predicted molar refractivity (Wildman–Crippen MR) is 69.8 cm³/mol. The zero-order chi connectivity index (χ0) is 11.9. The van der Waals surface area contributed by atoms with Crippen LogP contribution in [0.2, 0.25) is 0 Å². The van der Waals surface area contributed by atoms with E-state index < -0.39 is 0 Å². The lowest BCUT2D eigenvalue weighted by molar-refractivity contribution is 0.0271. The van der Waals surface area contributed by atoms with Crippen LogP contribution in [0.15, 0.2) is 0 Å². The van der Waals surface area contributed by atoms with Crippen LogP contribution < -0.4 is 5.32 Å². The predicted octanol–water partition coefficient (Wildman–Crippen LogP) is 3.36. The fraction of sp³-hybridized carbons (Fsp3) is 1.00. The lowest BCUT2D eigenvalue weighted by atomic mass is 9.97. The van der Waals surface area contributed by atoms with E-state index in [2.05, 4.69) is 26.1 Å². The van der Waals surface area contributed by atoms with Crippen molar-refractivity contribution >= 4 is 0 Å². The highest BCUT2D eigenvalue weighted by Crippen LogP contribution is 2.20. The van der Waals surface area contributed by atoms with Crippen molar-refractivity contribution in [1.82, 2.24) is 5.32 Å². The quantitative estimate of drug-likeness (QED) is 0.703. The van der Waals surface area contributed by atoms with Crippen LogP contribution in [0.3, 0.4) is 0 Å². The molecule has 1 rings (SSSR count). The molecule has 16 heavy (non-hydrogen) atoms. The van der Waals surface area contributed by atoms with Gasteiger partial charge in [0.25, 0.3) is 0 Å². The third-order valence-electron chi connectivity index (χ3n) is 3.06. The van der Waals surface area contributed by atoms with Gasteiger partial charge in [0.05, 0.1) is 6.10 Å². The summed E-state index contributed by atoms with van der Waals surface area (Å²) in [6.07, 6.45) is 8.43. The highest BCUT2D eigenvalue weighted by Gasteiger charge is 2.13. The highest BCUT2D eigenvalue weighted by molar-refractivity contribution is 4.66. The van der Waals surface area contributed by atoms with Crippen LogP contribution in [0.25, 0.3) is 0 Å². The third-order valence-corrected chi connectivity index (χ3v) is 3.06. The Morgan fingerprint density at radius 3 is 2.44 bits per heavy atom. The zero-order valence-corrected chi connectivity index (χ0v) is 11.3. The fourth-order valence-electron chi connectivity index (χ4n) is 2.14. The van der Waals surface area contributed by atoms with Crippen LogP contribution in [-0.2, 0) is 4.74 Å². The summed E-state index contributed by atoms with van der Waals surface area (Å²) in [4.78, 5) is 0. The van der Waals surface area contributed by atoms with Crippen molar-refractivity contribution in [2.24, 2.45) is 5.41 Å². The Bertz CT molecular complexity index is 168. The molecule has 0 atom stereocenters. The topological polar surface area (TPSA) is 21.3 Å². The minimum absolute atomic E-state index is 0.393. The maximum absolute atomic E-state index is 5.88. The Labute approximate surface area is 101 Å². The van der Waals surface area contributed by atoms with E-state index in [1.54, 1.807) is 0 Å². The van der Waals surface area contributed by atoms with Gasteiger partial charge in [0, 0.05) is 6.61 Å². The van der Waals surface area contributed by atoms with Crippen molar-refractivity contribution in [3.63, 3.8) is 0 Å². The van der Waals surface area contributed by atoms with Gasteiger partial charge < -0.3 is 10.1 Å². The maximum atomic E-state index is 5.88. The van der Waals surface area contributed by atoms with E-state index in [1.165, 1.54) is 32.1 Å². The normalized spacial score (nSPS) is 18.9. The van der Waals surface area contributed by atoms with Crippen molar-refractivity contribution in [3.8, 4) is 0 Å². The molecule has 0 amide bonds. The first kappa shape index (κ1) is 14.0. The molecule has 0 spiro atoms. The van der Waals surface area contributed by atoms with Crippen molar-refractivity contribution in [2.75, 3.05) is 19.7 Å². The van der Waals surface area contributed by atoms with Crippen molar-refractivity contribution in [1.29, 1.82) is 0 Å². The monoisotopic (exact) mass is 227 g/mol.